The molecule has 2 unspecified atom stereocenters. The van der Waals surface area contributed by atoms with E-state index in [-0.39, 0.29) is 48.2 Å². The van der Waals surface area contributed by atoms with Crippen molar-refractivity contribution in [3.63, 3.8) is 0 Å². The minimum atomic E-state index is -0.584. The molecule has 0 bridgehead atoms. The second kappa shape index (κ2) is 12.9. The zero-order chi connectivity index (χ0) is 29.9. The van der Waals surface area contributed by atoms with Gasteiger partial charge in [-0.05, 0) is 51.4 Å². The van der Waals surface area contributed by atoms with Crippen LogP contribution < -0.4 is 20.1 Å². The number of carbonyl (C=O) groups excluding carboxylic acids is 3. The van der Waals surface area contributed by atoms with Crippen LogP contribution in [-0.4, -0.2) is 91.1 Å². The molecular weight excluding hydrogens is 562 g/mol. The summed E-state index contributed by atoms with van der Waals surface area (Å²) in [7, 11) is 1.60. The van der Waals surface area contributed by atoms with Gasteiger partial charge in [0.15, 0.2) is 11.5 Å². The Labute approximate surface area is 249 Å². The Hall–Kier alpha value is -3.29. The zero-order valence-corrected chi connectivity index (χ0v) is 25.3. The number of esters is 1. The minimum Gasteiger partial charge on any atom is -0.493 e. The van der Waals surface area contributed by atoms with Gasteiger partial charge in [-0.3, -0.25) is 19.7 Å². The van der Waals surface area contributed by atoms with Crippen LogP contribution in [0, 0.1) is 5.92 Å². The molecule has 2 aromatic rings. The molecule has 12 nitrogen and oxygen atoms in total. The van der Waals surface area contributed by atoms with Crippen LogP contribution in [-0.2, 0) is 23.9 Å². The van der Waals surface area contributed by atoms with Gasteiger partial charge in [0.25, 0.3) is 0 Å². The highest BCUT2D eigenvalue weighted by Gasteiger charge is 2.37. The van der Waals surface area contributed by atoms with Gasteiger partial charge in [0.05, 0.1) is 32.8 Å². The van der Waals surface area contributed by atoms with Crippen molar-refractivity contribution in [1.29, 1.82) is 0 Å². The number of hydrogen-bond acceptors (Lipinski definition) is 11. The lowest BCUT2D eigenvalue weighted by atomic mass is 9.87. The van der Waals surface area contributed by atoms with E-state index in [2.05, 4.69) is 20.8 Å². The topological polar surface area (TPSA) is 141 Å². The molecule has 2 N–H and O–H groups in total. The Balaban J connectivity index is 1.18. The van der Waals surface area contributed by atoms with Crippen LogP contribution in [0.3, 0.4) is 0 Å². The molecular formula is C29H39N5O7S. The lowest BCUT2D eigenvalue weighted by Crippen LogP contribution is -2.42. The first-order chi connectivity index (χ1) is 20.1. The number of rotatable bonds is 9. The van der Waals surface area contributed by atoms with Crippen molar-refractivity contribution >= 4 is 34.3 Å². The first-order valence-electron chi connectivity index (χ1n) is 14.4. The molecule has 2 amide bonds. The summed E-state index contributed by atoms with van der Waals surface area (Å²) in [5, 5.41) is 15.5. The van der Waals surface area contributed by atoms with Crippen LogP contribution in [0.25, 0.3) is 0 Å². The van der Waals surface area contributed by atoms with Crippen molar-refractivity contribution < 1.29 is 33.3 Å². The molecule has 3 fully saturated rings. The van der Waals surface area contributed by atoms with Gasteiger partial charge >= 0.3 is 5.97 Å². The highest BCUT2D eigenvalue weighted by Crippen LogP contribution is 2.37. The number of amides is 2. The smallest absolute Gasteiger partial charge is 0.311 e. The van der Waals surface area contributed by atoms with E-state index in [0.717, 1.165) is 18.5 Å². The third kappa shape index (κ3) is 7.37. The van der Waals surface area contributed by atoms with Crippen LogP contribution in [0.2, 0.25) is 0 Å². The maximum absolute atomic E-state index is 12.9. The van der Waals surface area contributed by atoms with Gasteiger partial charge < -0.3 is 29.2 Å². The molecule has 0 radical (unpaired) electrons. The summed E-state index contributed by atoms with van der Waals surface area (Å²) in [5.74, 6) is -0.0600. The molecule has 1 aromatic heterocycles. The third-order valence-corrected chi connectivity index (χ3v) is 8.56. The molecule has 3 aliphatic rings. The third-order valence-electron chi connectivity index (χ3n) is 7.59. The number of hydrogen-bond donors (Lipinski definition) is 2. The van der Waals surface area contributed by atoms with Crippen molar-refractivity contribution in [3.05, 3.63) is 28.8 Å². The van der Waals surface area contributed by atoms with Gasteiger partial charge in [0.2, 0.25) is 16.9 Å². The summed E-state index contributed by atoms with van der Waals surface area (Å²) in [6.45, 7) is 8.32. The van der Waals surface area contributed by atoms with Crippen molar-refractivity contribution in [2.24, 2.45) is 5.92 Å². The standard InChI is InChI=1S/C29H39N5O7S/c1-29(2,3)41-27(37)21-13-30-9-7-20(21)26-32-33-28(42-26)31-24(35)15-34-14-18(12-25(34)36)17-5-6-22(38-4)23(11-17)40-19-8-10-39-16-19/h5-6,11,18-21,30H,7-10,12-16H2,1-4H3,(H,31,33,35)/t18-,19-,20?,21?/m1/s1. The van der Waals surface area contributed by atoms with E-state index in [9.17, 15) is 14.4 Å². The van der Waals surface area contributed by atoms with Crippen molar-refractivity contribution in [2.45, 2.75) is 63.6 Å². The maximum atomic E-state index is 12.9. The van der Waals surface area contributed by atoms with Gasteiger partial charge in [-0.25, -0.2) is 0 Å². The molecule has 4 atom stereocenters. The number of piperidine rings is 1. The number of methoxy groups -OCH3 is 1. The Morgan fingerprint density at radius 1 is 1.21 bits per heavy atom. The fourth-order valence-corrected chi connectivity index (χ4v) is 6.48. The Kier molecular flexibility index (Phi) is 9.28. The summed E-state index contributed by atoms with van der Waals surface area (Å²) in [6.07, 6.45) is 1.80. The lowest BCUT2D eigenvalue weighted by Gasteiger charge is -2.31. The van der Waals surface area contributed by atoms with Crippen molar-refractivity contribution in [2.75, 3.05) is 51.8 Å². The Bertz CT molecular complexity index is 1290. The van der Waals surface area contributed by atoms with Gasteiger partial charge in [-0.15, -0.1) is 10.2 Å². The molecule has 0 spiro atoms. The molecule has 5 rings (SSSR count). The number of aromatic nitrogens is 2. The van der Waals surface area contributed by atoms with Gasteiger partial charge in [-0.2, -0.15) is 0 Å². The van der Waals surface area contributed by atoms with Crippen molar-refractivity contribution in [3.8, 4) is 11.5 Å². The number of nitrogens with zero attached hydrogens (tertiary/aromatic N) is 3. The van der Waals surface area contributed by atoms with Crippen LogP contribution in [0.15, 0.2) is 18.2 Å². The normalized spacial score (nSPS) is 24.5. The molecule has 42 heavy (non-hydrogen) atoms. The number of likely N-dealkylation sites (tertiary alicyclic amines) is 1. The number of nitrogens with one attached hydrogen (secondary N) is 2. The zero-order valence-electron chi connectivity index (χ0n) is 24.5. The van der Waals surface area contributed by atoms with E-state index >= 15 is 0 Å². The van der Waals surface area contributed by atoms with E-state index in [1.165, 1.54) is 11.3 Å². The van der Waals surface area contributed by atoms with E-state index in [0.29, 0.717) is 60.8 Å². The Morgan fingerprint density at radius 3 is 2.79 bits per heavy atom. The summed E-state index contributed by atoms with van der Waals surface area (Å²) in [4.78, 5) is 40.1. The second-order valence-electron chi connectivity index (χ2n) is 11.9. The van der Waals surface area contributed by atoms with E-state index in [1.807, 2.05) is 39.0 Å². The summed E-state index contributed by atoms with van der Waals surface area (Å²) >= 11 is 1.25. The van der Waals surface area contributed by atoms with Gasteiger partial charge in [0, 0.05) is 37.8 Å². The summed E-state index contributed by atoms with van der Waals surface area (Å²) < 4.78 is 22.6. The number of anilines is 1. The second-order valence-corrected chi connectivity index (χ2v) is 12.9. The van der Waals surface area contributed by atoms with Crippen LogP contribution in [0.5, 0.6) is 11.5 Å². The molecule has 3 saturated heterocycles. The maximum Gasteiger partial charge on any atom is 0.311 e. The van der Waals surface area contributed by atoms with E-state index in [4.69, 9.17) is 18.9 Å². The fourth-order valence-electron chi connectivity index (χ4n) is 5.52. The first-order valence-corrected chi connectivity index (χ1v) is 15.2. The van der Waals surface area contributed by atoms with Crippen LogP contribution >= 0.6 is 11.3 Å². The first kappa shape index (κ1) is 30.2. The Morgan fingerprint density at radius 2 is 2.05 bits per heavy atom. The number of benzene rings is 1. The minimum absolute atomic E-state index is 0.0293. The monoisotopic (exact) mass is 601 g/mol. The molecule has 4 heterocycles. The average Bonchev–Trinajstić information content (AvgIpc) is 3.70. The van der Waals surface area contributed by atoms with Crippen molar-refractivity contribution in [1.82, 2.24) is 20.4 Å². The molecule has 13 heteroatoms. The SMILES string of the molecule is COc1ccc([C@@H]2CC(=O)N(CC(=O)Nc3nnc(C4CCNCC4C(=O)OC(C)(C)C)s3)C2)cc1O[C@@H]1CCOC1. The molecule has 0 saturated carbocycles. The van der Waals surface area contributed by atoms with Gasteiger partial charge in [-0.1, -0.05) is 17.4 Å². The van der Waals surface area contributed by atoms with Crippen LogP contribution in [0.1, 0.15) is 62.4 Å². The molecule has 228 valence electrons. The number of ether oxygens (including phenoxy) is 4. The molecule has 3 aliphatic heterocycles. The van der Waals surface area contributed by atoms with Gasteiger partial charge in [0.1, 0.15) is 16.7 Å². The lowest BCUT2D eigenvalue weighted by molar-refractivity contribution is -0.161. The predicted molar refractivity (Wildman–Crippen MR) is 155 cm³/mol. The highest BCUT2D eigenvalue weighted by atomic mass is 32.1. The van der Waals surface area contributed by atoms with Crippen LogP contribution in [0.4, 0.5) is 5.13 Å². The summed E-state index contributed by atoms with van der Waals surface area (Å²) in [5.41, 5.74) is 0.371. The predicted octanol–water partition coefficient (Wildman–Crippen LogP) is 2.70. The van der Waals surface area contributed by atoms with E-state index in [1.54, 1.807) is 12.0 Å². The quantitative estimate of drug-likeness (QED) is 0.412. The highest BCUT2D eigenvalue weighted by molar-refractivity contribution is 7.15. The number of carbonyl (C=O) groups is 3. The summed E-state index contributed by atoms with van der Waals surface area (Å²) in [6, 6.07) is 5.71. The molecule has 0 aliphatic carbocycles. The fraction of sp³-hybridized carbons (Fsp3) is 0.621. The average molecular weight is 602 g/mol. The largest absolute Gasteiger partial charge is 0.493 e. The molecule has 1 aromatic carbocycles. The van der Waals surface area contributed by atoms with E-state index < -0.39 is 5.60 Å².